The van der Waals surface area contributed by atoms with Crippen LogP contribution >= 0.6 is 0 Å². The molecule has 1 unspecified atom stereocenters. The number of fused-ring (bicyclic) bond motifs is 1. The van der Waals surface area contributed by atoms with Crippen molar-refractivity contribution >= 4 is 17.3 Å². The average Bonchev–Trinajstić information content (AvgIpc) is 3.04. The Morgan fingerprint density at radius 3 is 2.52 bits per heavy atom. The summed E-state index contributed by atoms with van der Waals surface area (Å²) in [5.74, 6) is 0.589. The molecule has 1 aromatic heterocycles. The number of benzene rings is 2. The molecule has 0 saturated heterocycles. The molecule has 0 amide bonds. The number of anilines is 2. The molecule has 1 aliphatic rings. The second-order valence-electron chi connectivity index (χ2n) is 6.32. The van der Waals surface area contributed by atoms with E-state index in [-0.39, 0.29) is 0 Å². The van der Waals surface area contributed by atoms with Crippen LogP contribution in [0.3, 0.4) is 0 Å². The third kappa shape index (κ3) is 2.77. The highest BCUT2D eigenvalue weighted by Crippen LogP contribution is 2.36. The second kappa shape index (κ2) is 5.75. The zero-order chi connectivity index (χ0) is 17.4. The summed E-state index contributed by atoms with van der Waals surface area (Å²) in [6.07, 6.45) is 0. The van der Waals surface area contributed by atoms with Gasteiger partial charge in [-0.1, -0.05) is 35.9 Å². The van der Waals surface area contributed by atoms with Crippen molar-refractivity contribution in [3.63, 3.8) is 0 Å². The Morgan fingerprint density at radius 1 is 1.04 bits per heavy atom. The van der Waals surface area contributed by atoms with Crippen LogP contribution in [0.1, 0.15) is 22.5 Å². The molecule has 126 valence electrons. The lowest BCUT2D eigenvalue weighted by Crippen LogP contribution is -2.44. The summed E-state index contributed by atoms with van der Waals surface area (Å²) < 4.78 is 0. The summed E-state index contributed by atoms with van der Waals surface area (Å²) in [7, 11) is 0. The van der Waals surface area contributed by atoms with Crippen LogP contribution in [-0.4, -0.2) is 16.2 Å². The summed E-state index contributed by atoms with van der Waals surface area (Å²) in [4.78, 5) is 4.75. The van der Waals surface area contributed by atoms with Crippen molar-refractivity contribution in [2.24, 2.45) is 10.7 Å². The summed E-state index contributed by atoms with van der Waals surface area (Å²) in [5, 5.41) is 13.9. The standard InChI is InChI=1S/C19H20N6/c1-12-7-9-14(10-8-12)21-18-22-16-6-4-3-5-15(16)19(20,23-18)17-11-13(2)24-25-17/h3-11H,20H2,1-2H3,(H,24,25)(H2,21,22,23). The number of aliphatic imine (C=N–C) groups is 1. The van der Waals surface area contributed by atoms with Crippen molar-refractivity contribution in [2.75, 3.05) is 10.6 Å². The number of nitrogens with two attached hydrogens (primary N) is 1. The van der Waals surface area contributed by atoms with E-state index >= 15 is 0 Å². The summed E-state index contributed by atoms with van der Waals surface area (Å²) in [5.41, 5.74) is 11.2. The van der Waals surface area contributed by atoms with Crippen LogP contribution in [0.4, 0.5) is 11.4 Å². The van der Waals surface area contributed by atoms with E-state index in [9.17, 15) is 0 Å². The number of H-pyrrole nitrogens is 1. The first-order valence-electron chi connectivity index (χ1n) is 8.16. The van der Waals surface area contributed by atoms with Crippen molar-refractivity contribution in [2.45, 2.75) is 19.5 Å². The van der Waals surface area contributed by atoms with Gasteiger partial charge in [-0.3, -0.25) is 10.8 Å². The molecule has 1 aliphatic heterocycles. The number of aromatic nitrogens is 2. The fourth-order valence-corrected chi connectivity index (χ4v) is 2.96. The Labute approximate surface area is 146 Å². The van der Waals surface area contributed by atoms with Gasteiger partial charge in [-0.15, -0.1) is 0 Å². The van der Waals surface area contributed by atoms with Gasteiger partial charge in [-0.25, -0.2) is 4.99 Å². The topological polar surface area (TPSA) is 91.1 Å². The highest BCUT2D eigenvalue weighted by atomic mass is 15.3. The largest absolute Gasteiger partial charge is 0.326 e. The summed E-state index contributed by atoms with van der Waals surface area (Å²) in [6.45, 7) is 4.00. The molecule has 2 heterocycles. The quantitative estimate of drug-likeness (QED) is 0.580. The zero-order valence-electron chi connectivity index (χ0n) is 14.2. The maximum Gasteiger partial charge on any atom is 0.202 e. The van der Waals surface area contributed by atoms with Crippen molar-refractivity contribution in [1.29, 1.82) is 0 Å². The molecule has 0 fully saturated rings. The van der Waals surface area contributed by atoms with Crippen LogP contribution in [-0.2, 0) is 5.66 Å². The van der Waals surface area contributed by atoms with Gasteiger partial charge in [0.15, 0.2) is 5.66 Å². The molecule has 0 bridgehead atoms. The Morgan fingerprint density at radius 2 is 1.80 bits per heavy atom. The predicted molar refractivity (Wildman–Crippen MR) is 101 cm³/mol. The number of rotatable bonds is 2. The minimum absolute atomic E-state index is 0.589. The summed E-state index contributed by atoms with van der Waals surface area (Å²) in [6, 6.07) is 17.9. The molecule has 0 saturated carbocycles. The molecular weight excluding hydrogens is 312 g/mol. The SMILES string of the molecule is Cc1ccc(NC2=NC(N)(c3cc(C)[nH]n3)c3ccccc3N2)cc1. The first-order chi connectivity index (χ1) is 12.0. The molecule has 6 heteroatoms. The smallest absolute Gasteiger partial charge is 0.202 e. The van der Waals surface area contributed by atoms with E-state index in [1.165, 1.54) is 5.56 Å². The van der Waals surface area contributed by atoms with Crippen molar-refractivity contribution in [3.8, 4) is 0 Å². The molecule has 5 N–H and O–H groups in total. The fourth-order valence-electron chi connectivity index (χ4n) is 2.96. The molecule has 0 radical (unpaired) electrons. The number of hydrogen-bond acceptors (Lipinski definition) is 5. The zero-order valence-corrected chi connectivity index (χ0v) is 14.2. The van der Waals surface area contributed by atoms with E-state index in [0.29, 0.717) is 11.7 Å². The minimum atomic E-state index is -1.06. The Bertz CT molecular complexity index is 941. The van der Waals surface area contributed by atoms with Crippen LogP contribution in [0.5, 0.6) is 0 Å². The van der Waals surface area contributed by atoms with E-state index in [2.05, 4.69) is 27.8 Å². The maximum atomic E-state index is 6.72. The van der Waals surface area contributed by atoms with Crippen molar-refractivity contribution in [3.05, 3.63) is 77.1 Å². The number of para-hydroxylation sites is 1. The van der Waals surface area contributed by atoms with Gasteiger partial charge in [0, 0.05) is 22.6 Å². The maximum absolute atomic E-state index is 6.72. The van der Waals surface area contributed by atoms with Gasteiger partial charge >= 0.3 is 0 Å². The number of guanidine groups is 1. The predicted octanol–water partition coefficient (Wildman–Crippen LogP) is 3.08. The van der Waals surface area contributed by atoms with Crippen LogP contribution in [0.25, 0.3) is 0 Å². The molecule has 25 heavy (non-hydrogen) atoms. The van der Waals surface area contributed by atoms with Gasteiger partial charge in [0.05, 0.1) is 0 Å². The van der Waals surface area contributed by atoms with Crippen molar-refractivity contribution in [1.82, 2.24) is 10.2 Å². The van der Waals surface area contributed by atoms with E-state index < -0.39 is 5.66 Å². The van der Waals surface area contributed by atoms with Gasteiger partial charge in [0.1, 0.15) is 5.69 Å². The van der Waals surface area contributed by atoms with Crippen molar-refractivity contribution < 1.29 is 0 Å². The molecular formula is C19H20N6. The van der Waals surface area contributed by atoms with E-state index in [1.807, 2.05) is 61.5 Å². The molecule has 2 aromatic carbocycles. The highest BCUT2D eigenvalue weighted by Gasteiger charge is 2.37. The van der Waals surface area contributed by atoms with Crippen LogP contribution < -0.4 is 16.4 Å². The normalized spacial score (nSPS) is 18.9. The van der Waals surface area contributed by atoms with Crippen LogP contribution in [0.2, 0.25) is 0 Å². The highest BCUT2D eigenvalue weighted by molar-refractivity contribution is 6.05. The number of hydrogen-bond donors (Lipinski definition) is 4. The lowest BCUT2D eigenvalue weighted by Gasteiger charge is -2.32. The monoisotopic (exact) mass is 332 g/mol. The van der Waals surface area contributed by atoms with Crippen LogP contribution in [0, 0.1) is 13.8 Å². The molecule has 3 aromatic rings. The first-order valence-corrected chi connectivity index (χ1v) is 8.16. The van der Waals surface area contributed by atoms with Crippen LogP contribution in [0.15, 0.2) is 59.6 Å². The molecule has 4 rings (SSSR count). The molecule has 6 nitrogen and oxygen atoms in total. The number of aryl methyl sites for hydroxylation is 2. The third-order valence-electron chi connectivity index (χ3n) is 4.29. The number of nitrogens with zero attached hydrogens (tertiary/aromatic N) is 2. The number of aromatic amines is 1. The van der Waals surface area contributed by atoms with E-state index in [0.717, 1.165) is 22.6 Å². The lowest BCUT2D eigenvalue weighted by molar-refractivity contribution is 0.547. The third-order valence-corrected chi connectivity index (χ3v) is 4.29. The van der Waals surface area contributed by atoms with E-state index in [1.54, 1.807) is 0 Å². The van der Waals surface area contributed by atoms with E-state index in [4.69, 9.17) is 10.7 Å². The first kappa shape index (κ1) is 15.4. The Balaban J connectivity index is 1.77. The average molecular weight is 332 g/mol. The van der Waals surface area contributed by atoms with Gasteiger partial charge in [-0.2, -0.15) is 5.10 Å². The van der Waals surface area contributed by atoms with Gasteiger partial charge in [0.25, 0.3) is 0 Å². The summed E-state index contributed by atoms with van der Waals surface area (Å²) >= 11 is 0. The molecule has 0 spiro atoms. The van der Waals surface area contributed by atoms with Gasteiger partial charge < -0.3 is 10.6 Å². The Kier molecular flexibility index (Phi) is 3.54. The minimum Gasteiger partial charge on any atom is -0.326 e. The lowest BCUT2D eigenvalue weighted by atomic mass is 9.94. The number of nitrogens with one attached hydrogen (secondary N) is 3. The molecule has 1 atom stereocenters. The van der Waals surface area contributed by atoms with Gasteiger partial charge in [-0.05, 0) is 38.1 Å². The second-order valence-corrected chi connectivity index (χ2v) is 6.32. The van der Waals surface area contributed by atoms with Gasteiger partial charge in [0.2, 0.25) is 5.96 Å². The fraction of sp³-hybridized carbons (Fsp3) is 0.158. The Hall–Kier alpha value is -3.12. The molecule has 0 aliphatic carbocycles.